The lowest BCUT2D eigenvalue weighted by Crippen LogP contribution is -2.12. The van der Waals surface area contributed by atoms with E-state index in [1.54, 1.807) is 48.3 Å². The van der Waals surface area contributed by atoms with Crippen molar-refractivity contribution >= 4 is 28.7 Å². The number of aryl methyl sites for hydroxylation is 2. The number of ketones is 1. The summed E-state index contributed by atoms with van der Waals surface area (Å²) in [5, 5.41) is 4.72. The quantitative estimate of drug-likeness (QED) is 0.749. The molecule has 6 heteroatoms. The maximum absolute atomic E-state index is 12.3. The molecule has 0 fully saturated rings. The molecule has 2 aromatic heterocycles. The van der Waals surface area contributed by atoms with Crippen molar-refractivity contribution in [3.05, 3.63) is 69.9 Å². The number of carbonyl (C=O) groups excluding carboxylic acids is 2. The molecule has 0 bridgehead atoms. The van der Waals surface area contributed by atoms with Gasteiger partial charge in [0.1, 0.15) is 0 Å². The zero-order valence-corrected chi connectivity index (χ0v) is 13.6. The van der Waals surface area contributed by atoms with Crippen molar-refractivity contribution in [1.82, 2.24) is 9.55 Å². The summed E-state index contributed by atoms with van der Waals surface area (Å²) in [6.07, 6.45) is 3.32. The van der Waals surface area contributed by atoms with Crippen molar-refractivity contribution in [2.45, 2.75) is 6.92 Å². The Labute approximate surface area is 137 Å². The van der Waals surface area contributed by atoms with Gasteiger partial charge in [-0.1, -0.05) is 0 Å². The van der Waals surface area contributed by atoms with E-state index in [9.17, 15) is 9.59 Å². The second kappa shape index (κ2) is 6.18. The number of aromatic nitrogens is 2. The largest absolute Gasteiger partial charge is 0.331 e. The fraction of sp³-hybridized carbons (Fsp3) is 0.118. The summed E-state index contributed by atoms with van der Waals surface area (Å²) in [7, 11) is 1.78. The van der Waals surface area contributed by atoms with Crippen LogP contribution in [0.1, 0.15) is 31.4 Å². The average Bonchev–Trinajstić information content (AvgIpc) is 3.15. The number of hydrogen-bond acceptors (Lipinski definition) is 4. The number of amides is 1. The van der Waals surface area contributed by atoms with Gasteiger partial charge in [0.15, 0.2) is 5.82 Å². The van der Waals surface area contributed by atoms with Crippen molar-refractivity contribution in [1.29, 1.82) is 0 Å². The second-order valence-electron chi connectivity index (χ2n) is 5.16. The van der Waals surface area contributed by atoms with Crippen LogP contribution in [0.25, 0.3) is 0 Å². The van der Waals surface area contributed by atoms with E-state index in [-0.39, 0.29) is 11.7 Å². The topological polar surface area (TPSA) is 64.0 Å². The zero-order chi connectivity index (χ0) is 16.4. The van der Waals surface area contributed by atoms with E-state index in [1.165, 1.54) is 11.3 Å². The Morgan fingerprint density at radius 2 is 1.91 bits per heavy atom. The highest BCUT2D eigenvalue weighted by Gasteiger charge is 2.14. The predicted octanol–water partition coefficient (Wildman–Crippen LogP) is 3.27. The molecule has 0 aliphatic carbocycles. The maximum atomic E-state index is 12.3. The fourth-order valence-electron chi connectivity index (χ4n) is 2.21. The van der Waals surface area contributed by atoms with Crippen LogP contribution < -0.4 is 5.32 Å². The molecule has 0 saturated heterocycles. The third-order valence-corrected chi connectivity index (χ3v) is 4.51. The first-order valence-electron chi connectivity index (χ1n) is 7.04. The molecule has 3 rings (SSSR count). The number of nitrogens with zero attached hydrogens (tertiary/aromatic N) is 2. The molecule has 1 N–H and O–H groups in total. The molecule has 3 aromatic rings. The van der Waals surface area contributed by atoms with Crippen molar-refractivity contribution in [3.8, 4) is 0 Å². The van der Waals surface area contributed by atoms with Gasteiger partial charge in [-0.25, -0.2) is 4.98 Å². The van der Waals surface area contributed by atoms with E-state index in [2.05, 4.69) is 10.3 Å². The second-order valence-corrected chi connectivity index (χ2v) is 6.07. The number of carbonyl (C=O) groups is 2. The van der Waals surface area contributed by atoms with Crippen LogP contribution in [0.3, 0.4) is 0 Å². The van der Waals surface area contributed by atoms with Crippen molar-refractivity contribution in [2.75, 3.05) is 5.32 Å². The monoisotopic (exact) mass is 325 g/mol. The summed E-state index contributed by atoms with van der Waals surface area (Å²) in [6, 6.07) is 8.73. The normalized spacial score (nSPS) is 10.5. The van der Waals surface area contributed by atoms with Crippen LogP contribution in [-0.2, 0) is 7.05 Å². The highest BCUT2D eigenvalue weighted by Crippen LogP contribution is 2.18. The Morgan fingerprint density at radius 1 is 1.17 bits per heavy atom. The van der Waals surface area contributed by atoms with E-state index >= 15 is 0 Å². The molecule has 0 atom stereocenters. The van der Waals surface area contributed by atoms with Gasteiger partial charge < -0.3 is 9.88 Å². The minimum Gasteiger partial charge on any atom is -0.331 e. The van der Waals surface area contributed by atoms with E-state index in [1.807, 2.05) is 18.4 Å². The third kappa shape index (κ3) is 3.07. The number of nitrogens with one attached hydrogen (secondary N) is 1. The minimum atomic E-state index is -0.149. The Bertz CT molecular complexity index is 862. The van der Waals surface area contributed by atoms with Gasteiger partial charge in [0.05, 0.1) is 4.88 Å². The molecular weight excluding hydrogens is 310 g/mol. The Hall–Kier alpha value is -2.73. The van der Waals surface area contributed by atoms with Gasteiger partial charge in [-0.15, -0.1) is 11.3 Å². The standard InChI is InChI=1S/C17H15N3O2S/c1-11-7-10-23-15(11)17(22)19-13-5-3-12(4-6-13)14(21)16-18-8-9-20(16)2/h3-10H,1-2H3,(H,19,22). The van der Waals surface area contributed by atoms with Gasteiger partial charge in [-0.2, -0.15) is 0 Å². The summed E-state index contributed by atoms with van der Waals surface area (Å²) in [5.74, 6) is 0.0983. The predicted molar refractivity (Wildman–Crippen MR) is 90.1 cm³/mol. The lowest BCUT2D eigenvalue weighted by molar-refractivity contribution is 0.102. The van der Waals surface area contributed by atoms with Crippen LogP contribution in [0, 0.1) is 6.92 Å². The minimum absolute atomic E-state index is 0.138. The van der Waals surface area contributed by atoms with E-state index < -0.39 is 0 Å². The lowest BCUT2D eigenvalue weighted by Gasteiger charge is -2.06. The SMILES string of the molecule is Cc1ccsc1C(=O)Nc1ccc(C(=O)c2nccn2C)cc1. The van der Waals surface area contributed by atoms with Gasteiger partial charge in [-0.05, 0) is 48.2 Å². The molecule has 0 saturated carbocycles. The summed E-state index contributed by atoms with van der Waals surface area (Å²) in [4.78, 5) is 29.2. The molecule has 5 nitrogen and oxygen atoms in total. The van der Waals surface area contributed by atoms with Crippen molar-refractivity contribution < 1.29 is 9.59 Å². The molecule has 0 spiro atoms. The van der Waals surface area contributed by atoms with Gasteiger partial charge in [0.2, 0.25) is 5.78 Å². The number of hydrogen-bond donors (Lipinski definition) is 1. The molecule has 0 unspecified atom stereocenters. The summed E-state index contributed by atoms with van der Waals surface area (Å²) < 4.78 is 1.68. The smallest absolute Gasteiger partial charge is 0.265 e. The molecule has 0 aliphatic heterocycles. The molecule has 1 aromatic carbocycles. The molecule has 0 radical (unpaired) electrons. The maximum Gasteiger partial charge on any atom is 0.265 e. The number of anilines is 1. The van der Waals surface area contributed by atoms with E-state index in [4.69, 9.17) is 0 Å². The highest BCUT2D eigenvalue weighted by molar-refractivity contribution is 7.12. The molecule has 116 valence electrons. The average molecular weight is 325 g/mol. The number of thiophene rings is 1. The summed E-state index contributed by atoms with van der Waals surface area (Å²) in [6.45, 7) is 1.90. The summed E-state index contributed by atoms with van der Waals surface area (Å²) >= 11 is 1.41. The van der Waals surface area contributed by atoms with Gasteiger partial charge in [-0.3, -0.25) is 9.59 Å². The molecule has 1 amide bonds. The van der Waals surface area contributed by atoms with Crippen LogP contribution in [-0.4, -0.2) is 21.2 Å². The lowest BCUT2D eigenvalue weighted by atomic mass is 10.1. The van der Waals surface area contributed by atoms with E-state index in [0.717, 1.165) is 5.56 Å². The molecule has 23 heavy (non-hydrogen) atoms. The van der Waals surface area contributed by atoms with Crippen LogP contribution >= 0.6 is 11.3 Å². The van der Waals surface area contributed by atoms with Crippen LogP contribution in [0.2, 0.25) is 0 Å². The Morgan fingerprint density at radius 3 is 2.48 bits per heavy atom. The molecule has 0 aliphatic rings. The Kier molecular flexibility index (Phi) is 4.08. The van der Waals surface area contributed by atoms with Crippen LogP contribution in [0.15, 0.2) is 48.1 Å². The van der Waals surface area contributed by atoms with Gasteiger partial charge >= 0.3 is 0 Å². The number of benzene rings is 1. The first-order valence-corrected chi connectivity index (χ1v) is 7.92. The van der Waals surface area contributed by atoms with Gasteiger partial charge in [0.25, 0.3) is 5.91 Å². The van der Waals surface area contributed by atoms with Crippen LogP contribution in [0.4, 0.5) is 5.69 Å². The fourth-order valence-corrected chi connectivity index (χ4v) is 3.03. The van der Waals surface area contributed by atoms with Crippen molar-refractivity contribution in [2.24, 2.45) is 7.05 Å². The zero-order valence-electron chi connectivity index (χ0n) is 12.7. The third-order valence-electron chi connectivity index (χ3n) is 3.50. The molecule has 2 heterocycles. The van der Waals surface area contributed by atoms with Gasteiger partial charge in [0, 0.05) is 30.7 Å². The Balaban J connectivity index is 1.75. The highest BCUT2D eigenvalue weighted by atomic mass is 32.1. The first-order chi connectivity index (χ1) is 11.1. The molecular formula is C17H15N3O2S. The first kappa shape index (κ1) is 15.2. The van der Waals surface area contributed by atoms with Crippen molar-refractivity contribution in [3.63, 3.8) is 0 Å². The number of rotatable bonds is 4. The number of imidazole rings is 1. The van der Waals surface area contributed by atoms with E-state index in [0.29, 0.717) is 22.0 Å². The summed E-state index contributed by atoms with van der Waals surface area (Å²) in [5.41, 5.74) is 2.14. The van der Waals surface area contributed by atoms with Crippen LogP contribution in [0.5, 0.6) is 0 Å².